The fourth-order valence-electron chi connectivity index (χ4n) is 2.15. The third-order valence-electron chi connectivity index (χ3n) is 5.65. The first kappa shape index (κ1) is 19.5. The van der Waals surface area contributed by atoms with Crippen molar-refractivity contribution in [3.8, 4) is 5.75 Å². The van der Waals surface area contributed by atoms with Crippen molar-refractivity contribution in [1.29, 1.82) is 0 Å². The van der Waals surface area contributed by atoms with E-state index in [0.29, 0.717) is 11.2 Å². The van der Waals surface area contributed by atoms with Crippen molar-refractivity contribution in [3.05, 3.63) is 24.0 Å². The van der Waals surface area contributed by atoms with E-state index in [0.717, 1.165) is 0 Å². The van der Waals surface area contributed by atoms with Gasteiger partial charge in [-0.25, -0.2) is 4.39 Å². The molecule has 0 bridgehead atoms. The van der Waals surface area contributed by atoms with Crippen LogP contribution in [0.25, 0.3) is 0 Å². The molecule has 1 fully saturated rings. The van der Waals surface area contributed by atoms with Gasteiger partial charge in [-0.15, -0.1) is 0 Å². The van der Waals surface area contributed by atoms with Gasteiger partial charge >= 0.3 is 7.12 Å². The molecular weight excluding hydrogens is 322 g/mol. The monoisotopic (exact) mass is 352 g/mol. The van der Waals surface area contributed by atoms with E-state index in [-0.39, 0.29) is 10.9 Å². The third kappa shape index (κ3) is 3.56. The summed E-state index contributed by atoms with van der Waals surface area (Å²) in [6.45, 7) is 18.6. The predicted molar refractivity (Wildman–Crippen MR) is 99.9 cm³/mol. The van der Waals surface area contributed by atoms with Crippen LogP contribution < -0.4 is 9.89 Å². The first-order valence-electron chi connectivity index (χ1n) is 8.50. The quantitative estimate of drug-likeness (QED) is 0.749. The van der Waals surface area contributed by atoms with E-state index in [1.54, 1.807) is 6.07 Å². The number of halogens is 1. The number of hydrogen-bond donors (Lipinski definition) is 0. The van der Waals surface area contributed by atoms with Crippen LogP contribution in [0.5, 0.6) is 5.75 Å². The maximum absolute atomic E-state index is 14.6. The highest BCUT2D eigenvalue weighted by Crippen LogP contribution is 2.39. The topological polar surface area (TPSA) is 27.7 Å². The lowest BCUT2D eigenvalue weighted by Gasteiger charge is -2.36. The summed E-state index contributed by atoms with van der Waals surface area (Å²) in [7, 11) is -2.64. The molecule has 0 radical (unpaired) electrons. The van der Waals surface area contributed by atoms with E-state index in [1.807, 2.05) is 33.8 Å². The van der Waals surface area contributed by atoms with Crippen LogP contribution in [-0.4, -0.2) is 26.6 Å². The molecule has 2 rings (SSSR count). The van der Waals surface area contributed by atoms with Crippen LogP contribution >= 0.6 is 0 Å². The van der Waals surface area contributed by atoms with Crippen molar-refractivity contribution >= 4 is 20.9 Å². The van der Waals surface area contributed by atoms with E-state index in [2.05, 4.69) is 33.9 Å². The summed E-state index contributed by atoms with van der Waals surface area (Å²) in [6, 6.07) is 4.98. The normalized spacial score (nSPS) is 20.3. The standard InChI is InChI=1S/C18H30BFO3Si/c1-16(2,3)24(8,9)21-15-11-10-13(12-14(15)20)19-22-17(4,5)18(6,7)23-19/h10-12H,1-9H3. The Morgan fingerprint density at radius 2 is 1.54 bits per heavy atom. The highest BCUT2D eigenvalue weighted by molar-refractivity contribution is 6.74. The fraction of sp³-hybridized carbons (Fsp3) is 0.667. The first-order valence-corrected chi connectivity index (χ1v) is 11.4. The summed E-state index contributed by atoms with van der Waals surface area (Å²) in [5, 5.41) is 0.0177. The van der Waals surface area contributed by atoms with Crippen molar-refractivity contribution in [2.24, 2.45) is 0 Å². The molecule has 0 unspecified atom stereocenters. The van der Waals surface area contributed by atoms with Gasteiger partial charge in [-0.2, -0.15) is 0 Å². The van der Waals surface area contributed by atoms with Crippen LogP contribution in [0.1, 0.15) is 48.5 Å². The Kier molecular flexibility index (Phi) is 4.75. The summed E-state index contributed by atoms with van der Waals surface area (Å²) >= 11 is 0. The Morgan fingerprint density at radius 3 is 1.96 bits per heavy atom. The van der Waals surface area contributed by atoms with Crippen LogP contribution in [0.15, 0.2) is 18.2 Å². The Balaban J connectivity index is 2.23. The molecule has 1 saturated heterocycles. The molecule has 0 aliphatic carbocycles. The SMILES string of the molecule is CC1(C)OB(c2ccc(O[Si](C)(C)C(C)(C)C)c(F)c2)OC1(C)C. The largest absolute Gasteiger partial charge is 0.542 e. The number of hydrogen-bond acceptors (Lipinski definition) is 3. The molecule has 0 N–H and O–H groups in total. The highest BCUT2D eigenvalue weighted by atomic mass is 28.4. The van der Waals surface area contributed by atoms with Crippen molar-refractivity contribution in [3.63, 3.8) is 0 Å². The Labute approximate surface area is 147 Å². The van der Waals surface area contributed by atoms with Gasteiger partial charge in [-0.1, -0.05) is 26.8 Å². The lowest BCUT2D eigenvalue weighted by Crippen LogP contribution is -2.44. The minimum absolute atomic E-state index is 0.0177. The molecule has 0 spiro atoms. The average molecular weight is 352 g/mol. The average Bonchev–Trinajstić information content (AvgIpc) is 2.59. The third-order valence-corrected chi connectivity index (χ3v) is 10.00. The summed E-state index contributed by atoms with van der Waals surface area (Å²) in [5.41, 5.74) is -0.205. The van der Waals surface area contributed by atoms with E-state index in [9.17, 15) is 4.39 Å². The van der Waals surface area contributed by atoms with E-state index in [4.69, 9.17) is 13.7 Å². The van der Waals surface area contributed by atoms with Crippen LogP contribution in [0.4, 0.5) is 4.39 Å². The maximum Gasteiger partial charge on any atom is 0.494 e. The first-order chi connectivity index (χ1) is 10.7. The van der Waals surface area contributed by atoms with Crippen molar-refractivity contribution in [2.45, 2.75) is 77.8 Å². The molecule has 3 nitrogen and oxygen atoms in total. The molecule has 1 heterocycles. The summed E-state index contributed by atoms with van der Waals surface area (Å²) < 4.78 is 32.6. The van der Waals surface area contributed by atoms with Gasteiger partial charge in [-0.05, 0) is 63.4 Å². The molecule has 134 valence electrons. The lowest BCUT2D eigenvalue weighted by molar-refractivity contribution is 0.00578. The molecule has 1 aromatic carbocycles. The van der Waals surface area contributed by atoms with Gasteiger partial charge in [0.1, 0.15) is 5.75 Å². The molecule has 0 atom stereocenters. The van der Waals surface area contributed by atoms with Gasteiger partial charge in [0.15, 0.2) is 5.82 Å². The summed E-state index contributed by atoms with van der Waals surface area (Å²) in [4.78, 5) is 0. The van der Waals surface area contributed by atoms with Gasteiger partial charge < -0.3 is 13.7 Å². The predicted octanol–water partition coefficient (Wildman–Crippen LogP) is 4.51. The molecule has 1 aliphatic heterocycles. The minimum atomic E-state index is -2.07. The molecule has 0 aromatic heterocycles. The molecule has 6 heteroatoms. The van der Waals surface area contributed by atoms with Crippen LogP contribution in [0.2, 0.25) is 18.1 Å². The van der Waals surface area contributed by atoms with Crippen molar-refractivity contribution in [1.82, 2.24) is 0 Å². The second-order valence-corrected chi connectivity index (χ2v) is 13.9. The van der Waals surface area contributed by atoms with Crippen molar-refractivity contribution < 1.29 is 18.1 Å². The molecular formula is C18H30BFO3Si. The zero-order chi connectivity index (χ0) is 18.6. The summed E-state index contributed by atoms with van der Waals surface area (Å²) in [6.07, 6.45) is 0. The molecule has 1 aromatic rings. The fourth-order valence-corrected chi connectivity index (χ4v) is 3.18. The zero-order valence-corrected chi connectivity index (χ0v) is 17.4. The zero-order valence-electron chi connectivity index (χ0n) is 16.4. The van der Waals surface area contributed by atoms with E-state index >= 15 is 0 Å². The van der Waals surface area contributed by atoms with Gasteiger partial charge in [0.25, 0.3) is 8.32 Å². The second-order valence-electron chi connectivity index (χ2n) is 9.14. The molecule has 1 aliphatic rings. The molecule has 0 saturated carbocycles. The van der Waals surface area contributed by atoms with Crippen LogP contribution in [0, 0.1) is 5.82 Å². The van der Waals surface area contributed by atoms with Crippen LogP contribution in [0.3, 0.4) is 0 Å². The van der Waals surface area contributed by atoms with Gasteiger partial charge in [0, 0.05) is 0 Å². The Morgan fingerprint density at radius 1 is 1.04 bits per heavy atom. The molecule has 24 heavy (non-hydrogen) atoms. The van der Waals surface area contributed by atoms with Gasteiger partial charge in [0.05, 0.1) is 11.2 Å². The minimum Gasteiger partial charge on any atom is -0.542 e. The maximum atomic E-state index is 14.6. The van der Waals surface area contributed by atoms with Gasteiger partial charge in [-0.3, -0.25) is 0 Å². The van der Waals surface area contributed by atoms with E-state index < -0.39 is 26.6 Å². The summed E-state index contributed by atoms with van der Waals surface area (Å²) in [5.74, 6) is -0.0612. The second kappa shape index (κ2) is 5.85. The van der Waals surface area contributed by atoms with E-state index in [1.165, 1.54) is 6.07 Å². The molecule has 0 amide bonds. The Hall–Kier alpha value is -0.848. The highest BCUT2D eigenvalue weighted by Gasteiger charge is 2.51. The lowest BCUT2D eigenvalue weighted by atomic mass is 9.79. The van der Waals surface area contributed by atoms with Crippen LogP contribution in [-0.2, 0) is 9.31 Å². The number of rotatable bonds is 3. The number of benzene rings is 1. The van der Waals surface area contributed by atoms with Gasteiger partial charge in [0.2, 0.25) is 0 Å². The Bertz CT molecular complexity index is 607. The van der Waals surface area contributed by atoms with Crippen molar-refractivity contribution in [2.75, 3.05) is 0 Å². The smallest absolute Gasteiger partial charge is 0.494 e.